The lowest BCUT2D eigenvalue weighted by atomic mass is 10.1. The number of pyridine rings is 1. The van der Waals surface area contributed by atoms with Crippen molar-refractivity contribution in [3.63, 3.8) is 0 Å². The number of aromatic nitrogens is 3. The number of hydrogen-bond donors (Lipinski definition) is 3. The fourth-order valence-corrected chi connectivity index (χ4v) is 3.10. The molecular formula is C19H21N5O4. The van der Waals surface area contributed by atoms with Crippen molar-refractivity contribution in [3.05, 3.63) is 67.1 Å². The maximum atomic E-state index is 13.1. The molecule has 0 bridgehead atoms. The largest absolute Gasteiger partial charge is 0.383 e. The van der Waals surface area contributed by atoms with Crippen molar-refractivity contribution in [2.45, 2.75) is 26.3 Å². The lowest BCUT2D eigenvalue weighted by Crippen LogP contribution is -2.39. The Morgan fingerprint density at radius 1 is 1.18 bits per heavy atom. The molecule has 146 valence electrons. The topological polar surface area (TPSA) is 134 Å². The van der Waals surface area contributed by atoms with Crippen LogP contribution >= 0.6 is 0 Å². The summed E-state index contributed by atoms with van der Waals surface area (Å²) in [6, 6.07) is 8.03. The first-order chi connectivity index (χ1) is 13.3. The molecule has 0 spiro atoms. The highest BCUT2D eigenvalue weighted by atomic mass is 16.2. The van der Waals surface area contributed by atoms with Crippen LogP contribution in [0.3, 0.4) is 0 Å². The number of nitrogen functional groups attached to an aromatic ring is 1. The van der Waals surface area contributed by atoms with Gasteiger partial charge in [0, 0.05) is 30.6 Å². The molecule has 9 heteroatoms. The van der Waals surface area contributed by atoms with E-state index in [0.717, 1.165) is 11.3 Å². The second kappa shape index (κ2) is 7.55. The van der Waals surface area contributed by atoms with Crippen LogP contribution in [0.2, 0.25) is 0 Å². The summed E-state index contributed by atoms with van der Waals surface area (Å²) in [7, 11) is 1.38. The molecule has 1 aromatic carbocycles. The number of para-hydroxylation sites is 1. The van der Waals surface area contributed by atoms with Crippen LogP contribution < -0.4 is 27.4 Å². The number of carbonyl (C=O) groups is 1. The Morgan fingerprint density at radius 3 is 2.61 bits per heavy atom. The van der Waals surface area contributed by atoms with Crippen LogP contribution in [0.15, 0.2) is 44.7 Å². The highest BCUT2D eigenvalue weighted by Gasteiger charge is 2.23. The summed E-state index contributed by atoms with van der Waals surface area (Å²) in [5.74, 6) is -0.674. The van der Waals surface area contributed by atoms with Gasteiger partial charge in [-0.2, -0.15) is 0 Å². The number of unbranched alkanes of at least 4 members (excludes halogenated alkanes) is 1. The molecule has 0 unspecified atom stereocenters. The van der Waals surface area contributed by atoms with Crippen molar-refractivity contribution >= 4 is 28.3 Å². The molecule has 2 heterocycles. The number of nitrogens with zero attached hydrogens (tertiary/aromatic N) is 2. The second-order valence-electron chi connectivity index (χ2n) is 6.46. The smallest absolute Gasteiger partial charge is 0.330 e. The normalized spacial score (nSPS) is 10.9. The molecule has 4 N–H and O–H groups in total. The van der Waals surface area contributed by atoms with E-state index in [4.69, 9.17) is 5.73 Å². The molecule has 1 amide bonds. The molecule has 28 heavy (non-hydrogen) atoms. The highest BCUT2D eigenvalue weighted by molar-refractivity contribution is 6.13. The molecular weight excluding hydrogens is 362 g/mol. The summed E-state index contributed by atoms with van der Waals surface area (Å²) >= 11 is 0. The number of rotatable bonds is 5. The first-order valence-corrected chi connectivity index (χ1v) is 8.87. The minimum absolute atomic E-state index is 0.0906. The monoisotopic (exact) mass is 383 g/mol. The van der Waals surface area contributed by atoms with Gasteiger partial charge in [0.25, 0.3) is 11.5 Å². The molecule has 0 saturated heterocycles. The molecule has 3 aromatic rings. The van der Waals surface area contributed by atoms with Crippen LogP contribution in [0.25, 0.3) is 10.9 Å². The number of anilines is 2. The summed E-state index contributed by atoms with van der Waals surface area (Å²) in [5, 5.41) is 0.535. The fourth-order valence-electron chi connectivity index (χ4n) is 3.10. The van der Waals surface area contributed by atoms with E-state index in [2.05, 4.69) is 9.97 Å². The summed E-state index contributed by atoms with van der Waals surface area (Å²) in [6.45, 7) is 2.28. The van der Waals surface area contributed by atoms with Crippen molar-refractivity contribution in [1.82, 2.24) is 14.5 Å². The zero-order valence-electron chi connectivity index (χ0n) is 15.6. The number of aromatic amines is 2. The average molecular weight is 383 g/mol. The SMILES string of the molecule is CCCCn1c(N)c(N(C)C(=O)c2cc(=O)[nH]c3ccccc23)c(=O)[nH]c1=O. The number of nitrogens with two attached hydrogens (primary N) is 1. The van der Waals surface area contributed by atoms with Crippen LogP contribution in [0.5, 0.6) is 0 Å². The first-order valence-electron chi connectivity index (χ1n) is 8.87. The van der Waals surface area contributed by atoms with Crippen molar-refractivity contribution < 1.29 is 4.79 Å². The molecule has 2 aromatic heterocycles. The number of carbonyl (C=O) groups excluding carboxylic acids is 1. The first kappa shape index (κ1) is 19.2. The Hall–Kier alpha value is -3.62. The fraction of sp³-hybridized carbons (Fsp3) is 0.263. The summed E-state index contributed by atoms with van der Waals surface area (Å²) in [6.07, 6.45) is 1.51. The lowest BCUT2D eigenvalue weighted by Gasteiger charge is -2.21. The molecule has 9 nitrogen and oxygen atoms in total. The molecule has 0 atom stereocenters. The minimum Gasteiger partial charge on any atom is -0.383 e. The quantitative estimate of drug-likeness (QED) is 0.605. The van der Waals surface area contributed by atoms with E-state index in [1.54, 1.807) is 24.3 Å². The van der Waals surface area contributed by atoms with Crippen LogP contribution in [0.1, 0.15) is 30.1 Å². The van der Waals surface area contributed by atoms with E-state index in [-0.39, 0.29) is 17.1 Å². The molecule has 0 aliphatic heterocycles. The summed E-state index contributed by atoms with van der Waals surface area (Å²) < 4.78 is 1.24. The third-order valence-electron chi connectivity index (χ3n) is 4.57. The number of fused-ring (bicyclic) bond motifs is 1. The van der Waals surface area contributed by atoms with Crippen LogP contribution in [0.4, 0.5) is 11.5 Å². The van der Waals surface area contributed by atoms with E-state index < -0.39 is 22.7 Å². The predicted molar refractivity (Wildman–Crippen MR) is 108 cm³/mol. The highest BCUT2D eigenvalue weighted by Crippen LogP contribution is 2.21. The van der Waals surface area contributed by atoms with Crippen LogP contribution in [-0.4, -0.2) is 27.5 Å². The number of H-pyrrole nitrogens is 2. The van der Waals surface area contributed by atoms with E-state index >= 15 is 0 Å². The molecule has 0 aliphatic rings. The maximum Gasteiger partial charge on any atom is 0.330 e. The molecule has 0 fully saturated rings. The number of amides is 1. The number of nitrogens with one attached hydrogen (secondary N) is 2. The molecule has 0 radical (unpaired) electrons. The van der Waals surface area contributed by atoms with Gasteiger partial charge in [0.1, 0.15) is 5.82 Å². The molecule has 0 aliphatic carbocycles. The minimum atomic E-state index is -0.764. The Kier molecular flexibility index (Phi) is 5.16. The van der Waals surface area contributed by atoms with E-state index in [1.807, 2.05) is 6.92 Å². The van der Waals surface area contributed by atoms with Gasteiger partial charge in [-0.05, 0) is 12.5 Å². The van der Waals surface area contributed by atoms with E-state index in [0.29, 0.717) is 23.9 Å². The zero-order chi connectivity index (χ0) is 20.4. The zero-order valence-corrected chi connectivity index (χ0v) is 15.6. The Bertz CT molecular complexity index is 1220. The van der Waals surface area contributed by atoms with Crippen LogP contribution in [0, 0.1) is 0 Å². The number of benzene rings is 1. The second-order valence-corrected chi connectivity index (χ2v) is 6.46. The summed E-state index contributed by atoms with van der Waals surface area (Å²) in [5.41, 5.74) is 4.74. The van der Waals surface area contributed by atoms with Gasteiger partial charge in [0.05, 0.1) is 5.56 Å². The van der Waals surface area contributed by atoms with Crippen molar-refractivity contribution in [2.75, 3.05) is 17.7 Å². The molecule has 0 saturated carbocycles. The number of hydrogen-bond acceptors (Lipinski definition) is 5. The Morgan fingerprint density at radius 2 is 1.89 bits per heavy atom. The van der Waals surface area contributed by atoms with Gasteiger partial charge in [-0.25, -0.2) is 4.79 Å². The Balaban J connectivity index is 2.14. The van der Waals surface area contributed by atoms with Crippen molar-refractivity contribution in [1.29, 1.82) is 0 Å². The van der Waals surface area contributed by atoms with Gasteiger partial charge in [0.2, 0.25) is 5.56 Å². The van der Waals surface area contributed by atoms with Gasteiger partial charge in [0.15, 0.2) is 5.69 Å². The van der Waals surface area contributed by atoms with Crippen molar-refractivity contribution in [3.8, 4) is 0 Å². The summed E-state index contributed by atoms with van der Waals surface area (Å²) in [4.78, 5) is 55.5. The van der Waals surface area contributed by atoms with Gasteiger partial charge in [-0.1, -0.05) is 31.5 Å². The van der Waals surface area contributed by atoms with Crippen LogP contribution in [-0.2, 0) is 6.54 Å². The van der Waals surface area contributed by atoms with E-state index in [9.17, 15) is 19.2 Å². The van der Waals surface area contributed by atoms with E-state index in [1.165, 1.54) is 17.7 Å². The third-order valence-corrected chi connectivity index (χ3v) is 4.57. The predicted octanol–water partition coefficient (Wildman–Crippen LogP) is 1.04. The third kappa shape index (κ3) is 3.34. The maximum absolute atomic E-state index is 13.1. The van der Waals surface area contributed by atoms with Crippen molar-refractivity contribution in [2.24, 2.45) is 0 Å². The standard InChI is InChI=1S/C19H21N5O4/c1-3-4-9-24-16(20)15(17(26)22-19(24)28)23(2)18(27)12-10-14(25)21-13-8-6-5-7-11(12)13/h5-8,10H,3-4,9,20H2,1-2H3,(H,21,25)(H,22,26,28). The van der Waals surface area contributed by atoms with Gasteiger partial charge >= 0.3 is 5.69 Å². The lowest BCUT2D eigenvalue weighted by molar-refractivity contribution is 0.0994. The van der Waals surface area contributed by atoms with Gasteiger partial charge in [-0.3, -0.25) is 23.9 Å². The van der Waals surface area contributed by atoms with Gasteiger partial charge < -0.3 is 15.6 Å². The van der Waals surface area contributed by atoms with Gasteiger partial charge in [-0.15, -0.1) is 0 Å². The average Bonchev–Trinajstić information content (AvgIpc) is 2.66. The Labute approximate surface area is 159 Å². The molecule has 3 rings (SSSR count).